The van der Waals surface area contributed by atoms with Crippen molar-refractivity contribution in [2.45, 2.75) is 39.8 Å². The Labute approximate surface area is 219 Å². The highest BCUT2D eigenvalue weighted by Gasteiger charge is 2.28. The van der Waals surface area contributed by atoms with Crippen LogP contribution in [0, 0.1) is 20.8 Å². The summed E-state index contributed by atoms with van der Waals surface area (Å²) in [5.41, 5.74) is 5.50. The topological polar surface area (TPSA) is 116 Å². The average molecular weight is 520 g/mol. The van der Waals surface area contributed by atoms with Crippen molar-refractivity contribution < 1.29 is 24.3 Å². The van der Waals surface area contributed by atoms with Gasteiger partial charge in [0.25, 0.3) is 17.7 Å². The van der Waals surface area contributed by atoms with Crippen molar-refractivity contribution in [3.8, 4) is 0 Å². The van der Waals surface area contributed by atoms with Gasteiger partial charge >= 0.3 is 5.97 Å². The van der Waals surface area contributed by atoms with Crippen LogP contribution in [0.1, 0.15) is 58.2 Å². The zero-order chi connectivity index (χ0) is 26.7. The lowest BCUT2D eigenvalue weighted by atomic mass is 9.88. The molecule has 37 heavy (non-hydrogen) atoms. The average Bonchev–Trinajstić information content (AvgIpc) is 3.41. The van der Waals surface area contributed by atoms with Crippen molar-refractivity contribution in [2.75, 3.05) is 13.1 Å². The van der Waals surface area contributed by atoms with Gasteiger partial charge in [0, 0.05) is 30.8 Å². The molecule has 2 aromatic carbocycles. The van der Waals surface area contributed by atoms with Crippen LogP contribution in [0.15, 0.2) is 47.8 Å². The van der Waals surface area contributed by atoms with Crippen LogP contribution in [0.25, 0.3) is 0 Å². The number of aliphatic carboxylic acids is 1. The lowest BCUT2D eigenvalue weighted by Gasteiger charge is -2.31. The van der Waals surface area contributed by atoms with Crippen LogP contribution >= 0.6 is 11.3 Å². The van der Waals surface area contributed by atoms with E-state index in [4.69, 9.17) is 0 Å². The highest BCUT2D eigenvalue weighted by Crippen LogP contribution is 2.29. The highest BCUT2D eigenvalue weighted by molar-refractivity contribution is 7.12. The molecule has 0 saturated carbocycles. The van der Waals surface area contributed by atoms with E-state index in [1.807, 2.05) is 49.1 Å². The third kappa shape index (κ3) is 5.56. The second-order valence-electron chi connectivity index (χ2n) is 9.17. The maximum absolute atomic E-state index is 13.2. The number of amides is 3. The second-order valence-corrected chi connectivity index (χ2v) is 10.1. The third-order valence-corrected chi connectivity index (χ3v) is 7.57. The number of carboxylic acid groups (broad SMARTS) is 1. The van der Waals surface area contributed by atoms with Crippen molar-refractivity contribution in [3.05, 3.63) is 91.7 Å². The molecule has 1 aliphatic heterocycles. The van der Waals surface area contributed by atoms with E-state index >= 15 is 0 Å². The number of thiophene rings is 1. The molecule has 1 aromatic heterocycles. The fourth-order valence-electron chi connectivity index (χ4n) is 4.75. The van der Waals surface area contributed by atoms with Gasteiger partial charge in [-0.2, -0.15) is 0 Å². The summed E-state index contributed by atoms with van der Waals surface area (Å²) in [4.78, 5) is 52.6. The van der Waals surface area contributed by atoms with Crippen LogP contribution in [-0.2, 0) is 17.8 Å². The molecule has 0 aliphatic carbocycles. The molecule has 0 bridgehead atoms. The van der Waals surface area contributed by atoms with Crippen molar-refractivity contribution in [2.24, 2.45) is 0 Å². The van der Waals surface area contributed by atoms with E-state index in [0.717, 1.165) is 22.3 Å². The summed E-state index contributed by atoms with van der Waals surface area (Å²) in [6, 6.07) is 11.5. The normalized spacial score (nSPS) is 13.4. The molecule has 192 valence electrons. The molecule has 1 aliphatic rings. The number of carboxylic acids is 1. The summed E-state index contributed by atoms with van der Waals surface area (Å²) in [6.45, 7) is 6.31. The second kappa shape index (κ2) is 11.0. The van der Waals surface area contributed by atoms with E-state index in [2.05, 4.69) is 10.6 Å². The SMILES string of the molecule is Cc1ccccc1C(=O)N1CCc2c(cc(C)c(C(=O)NC(CNC(=O)c3cccs3)C(=O)O)c2C)C1. The standard InChI is InChI=1S/C28H29N3O5S/c1-16-7-4-5-8-20(16)27(34)31-11-10-21-18(3)24(17(2)13-19(21)15-31)26(33)30-22(28(35)36)14-29-25(32)23-9-6-12-37-23/h4-9,12-13,22H,10-11,14-15H2,1-3H3,(H,29,32)(H,30,33)(H,35,36). The van der Waals surface area contributed by atoms with E-state index in [9.17, 15) is 24.3 Å². The number of benzene rings is 2. The van der Waals surface area contributed by atoms with Gasteiger partial charge in [-0.1, -0.05) is 30.3 Å². The minimum atomic E-state index is -1.28. The first kappa shape index (κ1) is 26.1. The monoisotopic (exact) mass is 519 g/mol. The quantitative estimate of drug-likeness (QED) is 0.442. The first-order valence-electron chi connectivity index (χ1n) is 12.0. The molecule has 9 heteroatoms. The van der Waals surface area contributed by atoms with Crippen molar-refractivity contribution in [3.63, 3.8) is 0 Å². The van der Waals surface area contributed by atoms with Crippen LogP contribution < -0.4 is 10.6 Å². The van der Waals surface area contributed by atoms with Crippen LogP contribution in [0.5, 0.6) is 0 Å². The molecule has 0 saturated heterocycles. The molecular weight excluding hydrogens is 490 g/mol. The lowest BCUT2D eigenvalue weighted by Crippen LogP contribution is -2.48. The summed E-state index contributed by atoms with van der Waals surface area (Å²) in [7, 11) is 0. The molecule has 3 amide bonds. The van der Waals surface area contributed by atoms with Crippen molar-refractivity contribution in [1.29, 1.82) is 0 Å². The van der Waals surface area contributed by atoms with Crippen LogP contribution in [-0.4, -0.2) is 52.8 Å². The van der Waals surface area contributed by atoms with Gasteiger partial charge in [0.2, 0.25) is 0 Å². The van der Waals surface area contributed by atoms with Gasteiger partial charge in [0.1, 0.15) is 6.04 Å². The number of carbonyl (C=O) groups excluding carboxylic acids is 3. The minimum absolute atomic E-state index is 0.0187. The maximum atomic E-state index is 13.2. The molecule has 8 nitrogen and oxygen atoms in total. The Kier molecular flexibility index (Phi) is 7.73. The van der Waals surface area contributed by atoms with Gasteiger partial charge < -0.3 is 20.6 Å². The lowest BCUT2D eigenvalue weighted by molar-refractivity contribution is -0.139. The van der Waals surface area contributed by atoms with Gasteiger partial charge in [-0.3, -0.25) is 14.4 Å². The number of nitrogens with one attached hydrogen (secondary N) is 2. The molecule has 2 heterocycles. The first-order valence-corrected chi connectivity index (χ1v) is 12.9. The fourth-order valence-corrected chi connectivity index (χ4v) is 5.39. The van der Waals surface area contributed by atoms with Gasteiger partial charge in [0.15, 0.2) is 0 Å². The minimum Gasteiger partial charge on any atom is -0.480 e. The highest BCUT2D eigenvalue weighted by atomic mass is 32.1. The zero-order valence-electron chi connectivity index (χ0n) is 21.0. The third-order valence-electron chi connectivity index (χ3n) is 6.70. The van der Waals surface area contributed by atoms with Crippen LogP contribution in [0.3, 0.4) is 0 Å². The number of aryl methyl sites for hydroxylation is 2. The van der Waals surface area contributed by atoms with E-state index in [1.54, 1.807) is 24.4 Å². The number of carbonyl (C=O) groups is 4. The molecule has 4 rings (SSSR count). The Morgan fingerprint density at radius 1 is 1.03 bits per heavy atom. The molecule has 3 N–H and O–H groups in total. The van der Waals surface area contributed by atoms with E-state index < -0.39 is 17.9 Å². The number of rotatable bonds is 7. The van der Waals surface area contributed by atoms with E-state index in [-0.39, 0.29) is 18.4 Å². The van der Waals surface area contributed by atoms with Crippen LogP contribution in [0.4, 0.5) is 0 Å². The smallest absolute Gasteiger partial charge is 0.328 e. The molecule has 1 unspecified atom stereocenters. The number of nitrogens with zero attached hydrogens (tertiary/aromatic N) is 1. The zero-order valence-corrected chi connectivity index (χ0v) is 21.8. The van der Waals surface area contributed by atoms with Gasteiger partial charge in [-0.25, -0.2) is 4.79 Å². The van der Waals surface area contributed by atoms with Gasteiger partial charge in [0.05, 0.1) is 4.88 Å². The summed E-state index contributed by atoms with van der Waals surface area (Å²) < 4.78 is 0. The number of hydrogen-bond acceptors (Lipinski definition) is 5. The molecular formula is C28H29N3O5S. The van der Waals surface area contributed by atoms with E-state index in [0.29, 0.717) is 41.1 Å². The Bertz CT molecular complexity index is 1370. The van der Waals surface area contributed by atoms with Crippen LogP contribution in [0.2, 0.25) is 0 Å². The molecule has 0 fully saturated rings. The predicted octanol–water partition coefficient (Wildman–Crippen LogP) is 3.48. The Hall–Kier alpha value is -3.98. The van der Waals surface area contributed by atoms with Crippen molar-refractivity contribution in [1.82, 2.24) is 15.5 Å². The molecule has 0 radical (unpaired) electrons. The first-order chi connectivity index (χ1) is 17.7. The summed E-state index contributed by atoms with van der Waals surface area (Å²) in [5, 5.41) is 16.5. The number of fused-ring (bicyclic) bond motifs is 1. The molecule has 0 spiro atoms. The summed E-state index contributed by atoms with van der Waals surface area (Å²) in [6.07, 6.45) is 0.596. The fraction of sp³-hybridized carbons (Fsp3) is 0.286. The predicted molar refractivity (Wildman–Crippen MR) is 141 cm³/mol. The van der Waals surface area contributed by atoms with Crippen molar-refractivity contribution >= 4 is 35.0 Å². The van der Waals surface area contributed by atoms with E-state index in [1.165, 1.54) is 11.3 Å². The Morgan fingerprint density at radius 3 is 2.46 bits per heavy atom. The van der Waals surface area contributed by atoms with Gasteiger partial charge in [-0.05, 0) is 72.5 Å². The Balaban J connectivity index is 1.49. The molecule has 1 atom stereocenters. The Morgan fingerprint density at radius 2 is 1.78 bits per heavy atom. The summed E-state index contributed by atoms with van der Waals surface area (Å²) in [5.74, 6) is -2.15. The largest absolute Gasteiger partial charge is 0.480 e. The summed E-state index contributed by atoms with van der Waals surface area (Å²) >= 11 is 1.25. The number of hydrogen-bond donors (Lipinski definition) is 3. The maximum Gasteiger partial charge on any atom is 0.328 e. The van der Waals surface area contributed by atoms with Gasteiger partial charge in [-0.15, -0.1) is 11.3 Å². The molecule has 3 aromatic rings.